The fourth-order valence-electron chi connectivity index (χ4n) is 4.08. The van der Waals surface area contributed by atoms with Gasteiger partial charge in [-0.3, -0.25) is 9.59 Å². The van der Waals surface area contributed by atoms with E-state index in [1.165, 1.54) is 41.3 Å². The Morgan fingerprint density at radius 1 is 1.12 bits per heavy atom. The zero-order valence-corrected chi connectivity index (χ0v) is 19.2. The number of aromatic nitrogens is 1. The molecule has 2 amide bonds. The van der Waals surface area contributed by atoms with Crippen LogP contribution in [0, 0.1) is 5.82 Å². The smallest absolute Gasteiger partial charge is 0.262 e. The van der Waals surface area contributed by atoms with Crippen LogP contribution in [0.3, 0.4) is 0 Å². The van der Waals surface area contributed by atoms with E-state index in [9.17, 15) is 14.0 Å². The van der Waals surface area contributed by atoms with Gasteiger partial charge in [0, 0.05) is 38.9 Å². The van der Waals surface area contributed by atoms with Crippen LogP contribution in [0.1, 0.15) is 34.1 Å². The van der Waals surface area contributed by atoms with Gasteiger partial charge in [-0.1, -0.05) is 36.4 Å². The van der Waals surface area contributed by atoms with E-state index in [2.05, 4.69) is 5.10 Å². The van der Waals surface area contributed by atoms with Crippen molar-refractivity contribution < 1.29 is 18.7 Å². The quantitative estimate of drug-likeness (QED) is 0.514. The highest BCUT2D eigenvalue weighted by Gasteiger charge is 2.35. The number of methoxy groups -OCH3 is 1. The monoisotopic (exact) mass is 462 g/mol. The first-order valence-corrected chi connectivity index (χ1v) is 11.1. The Bertz CT molecular complexity index is 1190. The molecule has 0 N–H and O–H groups in total. The lowest BCUT2D eigenvalue weighted by atomic mass is 10.0. The van der Waals surface area contributed by atoms with Crippen LogP contribution in [-0.2, 0) is 16.6 Å². The molecule has 2 aromatic carbocycles. The number of halogens is 1. The molecule has 1 aliphatic heterocycles. The molecule has 3 aromatic rings. The molecular weight excluding hydrogens is 435 g/mol. The first kappa shape index (κ1) is 23.4. The van der Waals surface area contributed by atoms with Gasteiger partial charge in [-0.05, 0) is 35.9 Å². The van der Waals surface area contributed by atoms with Crippen LogP contribution in [-0.4, -0.2) is 58.8 Å². The molecular formula is C26H27FN4O3. The predicted octanol–water partition coefficient (Wildman–Crippen LogP) is 3.63. The number of hydrazone groups is 1. The van der Waals surface area contributed by atoms with Crippen molar-refractivity contribution in [1.82, 2.24) is 14.5 Å². The van der Waals surface area contributed by atoms with Crippen LogP contribution in [0.5, 0.6) is 0 Å². The minimum absolute atomic E-state index is 0.179. The van der Waals surface area contributed by atoms with Crippen LogP contribution in [0.25, 0.3) is 0 Å². The fourth-order valence-corrected chi connectivity index (χ4v) is 4.08. The van der Waals surface area contributed by atoms with Crippen molar-refractivity contribution >= 4 is 17.5 Å². The molecule has 1 atom stereocenters. The normalized spacial score (nSPS) is 15.3. The largest absolute Gasteiger partial charge is 0.383 e. The molecule has 0 fully saturated rings. The van der Waals surface area contributed by atoms with Gasteiger partial charge in [-0.15, -0.1) is 0 Å². The Labute approximate surface area is 198 Å². The van der Waals surface area contributed by atoms with E-state index in [0.717, 1.165) is 17.0 Å². The van der Waals surface area contributed by atoms with E-state index in [1.807, 2.05) is 60.3 Å². The molecule has 0 radical (unpaired) electrons. The van der Waals surface area contributed by atoms with Gasteiger partial charge in [0.2, 0.25) is 0 Å². The van der Waals surface area contributed by atoms with E-state index in [0.29, 0.717) is 6.42 Å². The first-order valence-electron chi connectivity index (χ1n) is 11.1. The number of carbonyl (C=O) groups excluding carboxylic acids is 2. The molecule has 0 spiro atoms. The lowest BCUT2D eigenvalue weighted by Crippen LogP contribution is -2.42. The third-order valence-electron chi connectivity index (χ3n) is 5.84. The van der Waals surface area contributed by atoms with Crippen LogP contribution >= 0.6 is 0 Å². The molecule has 176 valence electrons. The minimum atomic E-state index is -0.510. The van der Waals surface area contributed by atoms with Crippen LogP contribution in [0.4, 0.5) is 4.39 Å². The van der Waals surface area contributed by atoms with Crippen molar-refractivity contribution in [2.45, 2.75) is 12.5 Å². The maximum atomic E-state index is 13.7. The lowest BCUT2D eigenvalue weighted by molar-refractivity contribution is -0.133. The summed E-state index contributed by atoms with van der Waals surface area (Å²) in [6, 6.07) is 18.8. The summed E-state index contributed by atoms with van der Waals surface area (Å²) in [7, 11) is 3.46. The maximum Gasteiger partial charge on any atom is 0.262 e. The van der Waals surface area contributed by atoms with Crippen molar-refractivity contribution in [3.05, 3.63) is 95.6 Å². The average molecular weight is 463 g/mol. The maximum absolute atomic E-state index is 13.7. The standard InChI is InChI=1S/C26H27FN4O3/c1-29-13-7-12-23(29)22-17-24(19-8-4-3-5-9-19)31(28-22)25(32)18-30(14-15-34-2)26(33)20-10-6-11-21(27)16-20/h3-13,16,24H,14-15,17-18H2,1-2H3/t24-/m1/s1. The number of carbonyl (C=O) groups is 2. The molecule has 1 aromatic heterocycles. The average Bonchev–Trinajstić information content (AvgIpc) is 3.48. The van der Waals surface area contributed by atoms with Crippen molar-refractivity contribution in [3.8, 4) is 0 Å². The van der Waals surface area contributed by atoms with E-state index in [-0.39, 0.29) is 37.2 Å². The number of amides is 2. The van der Waals surface area contributed by atoms with Crippen molar-refractivity contribution in [2.75, 3.05) is 26.8 Å². The lowest BCUT2D eigenvalue weighted by Gasteiger charge is -2.27. The van der Waals surface area contributed by atoms with Gasteiger partial charge >= 0.3 is 0 Å². The highest BCUT2D eigenvalue weighted by atomic mass is 19.1. The van der Waals surface area contributed by atoms with Crippen LogP contribution in [0.15, 0.2) is 78.0 Å². The molecule has 0 bridgehead atoms. The second-order valence-electron chi connectivity index (χ2n) is 8.15. The summed E-state index contributed by atoms with van der Waals surface area (Å²) in [4.78, 5) is 28.0. The van der Waals surface area contributed by atoms with Gasteiger partial charge < -0.3 is 14.2 Å². The van der Waals surface area contributed by atoms with Crippen molar-refractivity contribution in [2.24, 2.45) is 12.1 Å². The van der Waals surface area contributed by atoms with Crippen LogP contribution < -0.4 is 0 Å². The second kappa shape index (κ2) is 10.4. The summed E-state index contributed by atoms with van der Waals surface area (Å²) in [5.74, 6) is -1.27. The molecule has 8 heteroatoms. The molecule has 0 unspecified atom stereocenters. The Balaban J connectivity index is 1.61. The molecule has 7 nitrogen and oxygen atoms in total. The zero-order valence-electron chi connectivity index (χ0n) is 19.2. The number of aryl methyl sites for hydroxylation is 1. The highest BCUT2D eigenvalue weighted by molar-refractivity contribution is 6.02. The van der Waals surface area contributed by atoms with Crippen molar-refractivity contribution in [3.63, 3.8) is 0 Å². The first-order chi connectivity index (χ1) is 16.5. The SMILES string of the molecule is COCCN(CC(=O)N1N=C(c2cccn2C)C[C@@H]1c1ccccc1)C(=O)c1cccc(F)c1. The van der Waals surface area contributed by atoms with Gasteiger partial charge in [0.1, 0.15) is 12.4 Å². The number of hydrogen-bond donors (Lipinski definition) is 0. The summed E-state index contributed by atoms with van der Waals surface area (Å²) in [5.41, 5.74) is 2.87. The second-order valence-corrected chi connectivity index (χ2v) is 8.15. The zero-order chi connectivity index (χ0) is 24.1. The third-order valence-corrected chi connectivity index (χ3v) is 5.84. The number of nitrogens with zero attached hydrogens (tertiary/aromatic N) is 4. The van der Waals surface area contributed by atoms with Gasteiger partial charge in [0.05, 0.1) is 24.1 Å². The molecule has 0 aliphatic carbocycles. The Hall–Kier alpha value is -3.78. The number of ether oxygens (including phenoxy) is 1. The molecule has 34 heavy (non-hydrogen) atoms. The molecule has 2 heterocycles. The molecule has 1 aliphatic rings. The summed E-state index contributed by atoms with van der Waals surface area (Å²) in [6.45, 7) is 0.232. The number of benzene rings is 2. The Kier molecular flexibility index (Phi) is 7.18. The Morgan fingerprint density at radius 2 is 1.91 bits per heavy atom. The summed E-state index contributed by atoms with van der Waals surface area (Å²) in [6.07, 6.45) is 2.49. The summed E-state index contributed by atoms with van der Waals surface area (Å²) in [5, 5.41) is 6.15. The number of hydrogen-bond acceptors (Lipinski definition) is 4. The molecule has 0 saturated heterocycles. The summed E-state index contributed by atoms with van der Waals surface area (Å²) < 4.78 is 20.8. The van der Waals surface area contributed by atoms with E-state index in [1.54, 1.807) is 0 Å². The van der Waals surface area contributed by atoms with Gasteiger partial charge in [-0.25, -0.2) is 9.40 Å². The van der Waals surface area contributed by atoms with Crippen LogP contribution in [0.2, 0.25) is 0 Å². The minimum Gasteiger partial charge on any atom is -0.383 e. The van der Waals surface area contributed by atoms with E-state index in [4.69, 9.17) is 4.74 Å². The predicted molar refractivity (Wildman–Crippen MR) is 127 cm³/mol. The number of rotatable bonds is 8. The molecule has 0 saturated carbocycles. The van der Waals surface area contributed by atoms with Gasteiger partial charge in [0.25, 0.3) is 11.8 Å². The topological polar surface area (TPSA) is 67.1 Å². The third kappa shape index (κ3) is 5.07. The summed E-state index contributed by atoms with van der Waals surface area (Å²) >= 11 is 0. The van der Waals surface area contributed by atoms with Crippen molar-refractivity contribution in [1.29, 1.82) is 0 Å². The fraction of sp³-hybridized carbons (Fsp3) is 0.269. The Morgan fingerprint density at radius 3 is 2.59 bits per heavy atom. The van der Waals surface area contributed by atoms with Gasteiger partial charge in [0.15, 0.2) is 0 Å². The highest BCUT2D eigenvalue weighted by Crippen LogP contribution is 2.33. The van der Waals surface area contributed by atoms with E-state index >= 15 is 0 Å². The van der Waals surface area contributed by atoms with E-state index < -0.39 is 11.7 Å². The van der Waals surface area contributed by atoms with Gasteiger partial charge in [-0.2, -0.15) is 5.10 Å². The molecule has 4 rings (SSSR count).